The summed E-state index contributed by atoms with van der Waals surface area (Å²) in [7, 11) is 3.08. The maximum absolute atomic E-state index is 15.5. The zero-order valence-electron chi connectivity index (χ0n) is 30.8. The molecule has 0 radical (unpaired) electrons. The van der Waals surface area contributed by atoms with Gasteiger partial charge in [0.25, 0.3) is 11.8 Å². The molecule has 6 rings (SSSR count). The molecule has 0 bridgehead atoms. The second-order valence-electron chi connectivity index (χ2n) is 13.7. The molecule has 2 fully saturated rings. The first-order valence-corrected chi connectivity index (χ1v) is 18.5. The van der Waals surface area contributed by atoms with E-state index in [1.165, 1.54) is 54.3 Å². The van der Waals surface area contributed by atoms with Crippen LogP contribution in [0, 0.1) is 24.5 Å². The quantitative estimate of drug-likeness (QED) is 0.182. The van der Waals surface area contributed by atoms with Crippen LogP contribution in [0.2, 0.25) is 5.02 Å². The van der Waals surface area contributed by atoms with E-state index in [0.717, 1.165) is 0 Å². The number of anilines is 1. The molecule has 0 saturated carbocycles. The molecule has 0 aliphatic carbocycles. The Morgan fingerprint density at radius 2 is 1.60 bits per heavy atom. The fourth-order valence-electron chi connectivity index (χ4n) is 7.14. The molecule has 2 aliphatic heterocycles. The summed E-state index contributed by atoms with van der Waals surface area (Å²) in [5.74, 6) is -3.31. The molecule has 294 valence electrons. The van der Waals surface area contributed by atoms with Crippen molar-refractivity contribution in [3.8, 4) is 22.4 Å². The van der Waals surface area contributed by atoms with Gasteiger partial charge in [-0.3, -0.25) is 19.1 Å². The summed E-state index contributed by atoms with van der Waals surface area (Å²) in [6.45, 7) is 5.56. The number of likely N-dealkylation sites (tertiary alicyclic amines) is 1. The van der Waals surface area contributed by atoms with Gasteiger partial charge < -0.3 is 29.3 Å². The number of alkyl halides is 2. The zero-order valence-corrected chi connectivity index (χ0v) is 31.6. The molecule has 1 N–H and O–H groups in total. The smallest absolute Gasteiger partial charge is 0.291 e. The number of halogens is 5. The molecule has 3 amide bonds. The molecule has 2 saturated heterocycles. The van der Waals surface area contributed by atoms with E-state index in [9.17, 15) is 23.2 Å². The number of benzene rings is 2. The minimum absolute atomic E-state index is 0.0299. The van der Waals surface area contributed by atoms with Crippen molar-refractivity contribution in [3.05, 3.63) is 76.5 Å². The van der Waals surface area contributed by atoms with Crippen molar-refractivity contribution in [2.24, 2.45) is 13.0 Å². The van der Waals surface area contributed by atoms with Crippen LogP contribution >= 0.6 is 11.6 Å². The van der Waals surface area contributed by atoms with Crippen LogP contribution in [0.3, 0.4) is 0 Å². The van der Waals surface area contributed by atoms with Gasteiger partial charge in [-0.25, -0.2) is 22.5 Å². The van der Waals surface area contributed by atoms with Gasteiger partial charge >= 0.3 is 0 Å². The molecule has 2 aromatic carbocycles. The van der Waals surface area contributed by atoms with Gasteiger partial charge in [-0.1, -0.05) is 17.7 Å². The Bertz CT molecular complexity index is 2040. The third-order valence-corrected chi connectivity index (χ3v) is 10.7. The van der Waals surface area contributed by atoms with Crippen LogP contribution in [0.25, 0.3) is 22.4 Å². The normalized spacial score (nSPS) is 15.6. The first-order valence-electron chi connectivity index (χ1n) is 18.1. The summed E-state index contributed by atoms with van der Waals surface area (Å²) in [5, 5.41) is 7.06. The van der Waals surface area contributed by atoms with Crippen molar-refractivity contribution in [2.75, 3.05) is 64.8 Å². The number of hydrogen-bond acceptors (Lipinski definition) is 7. The molecule has 2 aliphatic rings. The van der Waals surface area contributed by atoms with E-state index >= 15 is 8.78 Å². The first-order chi connectivity index (χ1) is 26.4. The highest BCUT2D eigenvalue weighted by molar-refractivity contribution is 6.34. The lowest BCUT2D eigenvalue weighted by molar-refractivity contribution is -0.138. The highest BCUT2D eigenvalue weighted by atomic mass is 35.5. The summed E-state index contributed by atoms with van der Waals surface area (Å²) in [6.07, 6.45) is 1.51. The molecule has 4 aromatic rings. The number of nitrogens with zero attached hydrogens (tertiary/aromatic N) is 7. The van der Waals surface area contributed by atoms with Crippen LogP contribution in [0.15, 0.2) is 42.7 Å². The highest BCUT2D eigenvalue weighted by Gasteiger charge is 2.32. The molecule has 55 heavy (non-hydrogen) atoms. The molecular weight excluding hydrogens is 744 g/mol. The average Bonchev–Trinajstić information content (AvgIpc) is 3.75. The second kappa shape index (κ2) is 17.3. The fraction of sp³-hybridized carbons (Fsp3) is 0.447. The summed E-state index contributed by atoms with van der Waals surface area (Å²) < 4.78 is 64.2. The maximum atomic E-state index is 15.5. The second-order valence-corrected chi connectivity index (χ2v) is 14.1. The standard InChI is InChI=1S/C38H43ClF4N8O4/c1-23-29(21-45-51(23)18-19-55-3)26-6-7-28(34(43)33(26)42)31-22-44-35(47(31)2)36(52)46-25-4-5-27(30(39)20-25)38(54)50-16-14-49(15-17-50)37(53)24-8-11-48(12-9-24)13-10-32(40)41/h4-7,20-22,24,32H,8-19H2,1-3H3,(H,46,52). The van der Waals surface area contributed by atoms with Gasteiger partial charge in [0.2, 0.25) is 12.3 Å². The zero-order chi connectivity index (χ0) is 39.4. The van der Waals surface area contributed by atoms with Crippen LogP contribution in [-0.4, -0.2) is 118 Å². The van der Waals surface area contributed by atoms with Crippen LogP contribution in [0.4, 0.5) is 23.2 Å². The van der Waals surface area contributed by atoms with Crippen LogP contribution < -0.4 is 5.32 Å². The van der Waals surface area contributed by atoms with E-state index in [1.54, 1.807) is 28.5 Å². The van der Waals surface area contributed by atoms with Crippen LogP contribution in [0.5, 0.6) is 0 Å². The average molecular weight is 787 g/mol. The van der Waals surface area contributed by atoms with Gasteiger partial charge in [0.05, 0.1) is 41.8 Å². The number of aromatic nitrogens is 4. The summed E-state index contributed by atoms with van der Waals surface area (Å²) in [4.78, 5) is 49.4. The van der Waals surface area contributed by atoms with Gasteiger partial charge in [0, 0.05) is 87.3 Å². The molecule has 12 nitrogen and oxygen atoms in total. The summed E-state index contributed by atoms with van der Waals surface area (Å²) in [5.41, 5.74) is 1.76. The maximum Gasteiger partial charge on any atom is 0.291 e. The molecule has 2 aromatic heterocycles. The Morgan fingerprint density at radius 3 is 2.27 bits per heavy atom. The number of piperidine rings is 1. The fourth-order valence-corrected chi connectivity index (χ4v) is 7.40. The van der Waals surface area contributed by atoms with Crippen molar-refractivity contribution in [1.82, 2.24) is 34.0 Å². The lowest BCUT2D eigenvalue weighted by atomic mass is 9.95. The number of amides is 3. The Labute approximate surface area is 321 Å². The van der Waals surface area contributed by atoms with E-state index in [0.29, 0.717) is 83.1 Å². The number of carbonyl (C=O) groups is 3. The van der Waals surface area contributed by atoms with Crippen molar-refractivity contribution in [3.63, 3.8) is 0 Å². The van der Waals surface area contributed by atoms with Crippen molar-refractivity contribution in [1.29, 1.82) is 0 Å². The van der Waals surface area contributed by atoms with E-state index in [-0.39, 0.29) is 63.1 Å². The molecular formula is C38H43ClF4N8O4. The van der Waals surface area contributed by atoms with E-state index in [2.05, 4.69) is 15.4 Å². The number of piperazine rings is 1. The third kappa shape index (κ3) is 8.71. The lowest BCUT2D eigenvalue weighted by Gasteiger charge is -2.38. The first kappa shape index (κ1) is 39.9. The molecule has 4 heterocycles. The molecule has 0 atom stereocenters. The number of methoxy groups -OCH3 is 1. The third-order valence-electron chi connectivity index (χ3n) is 10.4. The Hall–Kier alpha value is -4.80. The van der Waals surface area contributed by atoms with E-state index in [1.807, 2.05) is 4.90 Å². The lowest BCUT2D eigenvalue weighted by Crippen LogP contribution is -2.53. The number of imidazole rings is 1. The SMILES string of the molecule is COCCn1ncc(-c2ccc(-c3cnc(C(=O)Nc4ccc(C(=O)N5CCN(C(=O)C6CCN(CCC(F)F)CC6)CC5)c(Cl)c4)n3C)c(F)c2F)c1C. The minimum Gasteiger partial charge on any atom is -0.383 e. The summed E-state index contributed by atoms with van der Waals surface area (Å²) in [6, 6.07) is 7.37. The number of hydrogen-bond donors (Lipinski definition) is 1. The number of ether oxygens (including phenoxy) is 1. The van der Waals surface area contributed by atoms with Gasteiger partial charge in [0.15, 0.2) is 17.5 Å². The molecule has 17 heteroatoms. The van der Waals surface area contributed by atoms with Crippen molar-refractivity contribution < 1.29 is 36.7 Å². The Balaban J connectivity index is 1.05. The number of nitrogens with one attached hydrogen (secondary N) is 1. The minimum atomic E-state index is -2.33. The predicted molar refractivity (Wildman–Crippen MR) is 198 cm³/mol. The highest BCUT2D eigenvalue weighted by Crippen LogP contribution is 2.33. The van der Waals surface area contributed by atoms with E-state index in [4.69, 9.17) is 16.3 Å². The summed E-state index contributed by atoms with van der Waals surface area (Å²) >= 11 is 6.53. The van der Waals surface area contributed by atoms with Gasteiger partial charge in [0.1, 0.15) is 0 Å². The molecule has 0 spiro atoms. The topological polar surface area (TPSA) is 118 Å². The van der Waals surface area contributed by atoms with Crippen molar-refractivity contribution >= 4 is 35.0 Å². The number of carbonyl (C=O) groups excluding carboxylic acids is 3. The Morgan fingerprint density at radius 1 is 0.927 bits per heavy atom. The van der Waals surface area contributed by atoms with Gasteiger partial charge in [-0.2, -0.15) is 5.10 Å². The van der Waals surface area contributed by atoms with Crippen molar-refractivity contribution in [2.45, 2.75) is 39.2 Å². The van der Waals surface area contributed by atoms with Gasteiger partial charge in [-0.15, -0.1) is 0 Å². The van der Waals surface area contributed by atoms with Crippen LogP contribution in [-0.2, 0) is 23.1 Å². The molecule has 0 unspecified atom stereocenters. The van der Waals surface area contributed by atoms with Gasteiger partial charge in [-0.05, 0) is 57.1 Å². The monoisotopic (exact) mass is 786 g/mol. The Kier molecular flexibility index (Phi) is 12.6. The largest absolute Gasteiger partial charge is 0.383 e. The van der Waals surface area contributed by atoms with Crippen LogP contribution in [0.1, 0.15) is 45.9 Å². The van der Waals surface area contributed by atoms with E-state index < -0.39 is 24.0 Å². The predicted octanol–water partition coefficient (Wildman–Crippen LogP) is 5.74. The number of rotatable bonds is 12.